The molecular weight excluding hydrogens is 308 g/mol. The lowest BCUT2D eigenvalue weighted by Crippen LogP contribution is -2.23. The molecule has 1 aliphatic rings. The van der Waals surface area contributed by atoms with Gasteiger partial charge in [0.2, 0.25) is 5.13 Å². The summed E-state index contributed by atoms with van der Waals surface area (Å²) in [6, 6.07) is 5.57. The van der Waals surface area contributed by atoms with Crippen LogP contribution in [0.1, 0.15) is 11.7 Å². The summed E-state index contributed by atoms with van der Waals surface area (Å²) >= 11 is 3.00. The molecule has 110 valence electrons. The number of carbonyl (C=O) groups is 1. The van der Waals surface area contributed by atoms with Crippen molar-refractivity contribution < 1.29 is 9.90 Å². The van der Waals surface area contributed by atoms with Crippen molar-refractivity contribution in [3.05, 3.63) is 23.8 Å². The second-order valence-corrected chi connectivity index (χ2v) is 7.14. The number of anilines is 2. The van der Waals surface area contributed by atoms with Crippen molar-refractivity contribution in [3.8, 4) is 0 Å². The normalized spacial score (nSPS) is 17.2. The van der Waals surface area contributed by atoms with E-state index in [1.807, 2.05) is 31.1 Å². The van der Waals surface area contributed by atoms with Crippen LogP contribution in [0, 0.1) is 0 Å². The summed E-state index contributed by atoms with van der Waals surface area (Å²) < 4.78 is 0.839. The van der Waals surface area contributed by atoms with Crippen LogP contribution in [0.3, 0.4) is 0 Å². The summed E-state index contributed by atoms with van der Waals surface area (Å²) in [5.41, 5.74) is 1.40. The van der Waals surface area contributed by atoms with Gasteiger partial charge < -0.3 is 14.9 Å². The molecule has 0 radical (unpaired) electrons. The third-order valence-electron chi connectivity index (χ3n) is 3.21. The maximum Gasteiger partial charge on any atom is 0.260 e. The first-order valence-corrected chi connectivity index (χ1v) is 7.89. The predicted octanol–water partition coefficient (Wildman–Crippen LogP) is 1.77. The lowest BCUT2D eigenvalue weighted by atomic mass is 10.1. The molecule has 1 aliphatic heterocycles. The Labute approximate surface area is 130 Å². The third kappa shape index (κ3) is 2.50. The first kappa shape index (κ1) is 14.3. The third-order valence-corrected chi connectivity index (χ3v) is 5.34. The van der Waals surface area contributed by atoms with Crippen molar-refractivity contribution in [1.82, 2.24) is 10.2 Å². The highest BCUT2D eigenvalue weighted by molar-refractivity contribution is 8.01. The first-order valence-electron chi connectivity index (χ1n) is 6.25. The van der Waals surface area contributed by atoms with E-state index in [4.69, 9.17) is 0 Å². The minimum Gasteiger partial charge on any atom is -0.378 e. The van der Waals surface area contributed by atoms with E-state index >= 15 is 0 Å². The number of aliphatic hydroxyl groups is 1. The number of fused-ring (bicyclic) bond motifs is 1. The number of benzene rings is 1. The Morgan fingerprint density at radius 2 is 2.14 bits per heavy atom. The molecule has 6 nitrogen and oxygen atoms in total. The van der Waals surface area contributed by atoms with E-state index in [1.165, 1.54) is 28.0 Å². The number of hydrogen-bond donors (Lipinski definition) is 1. The summed E-state index contributed by atoms with van der Waals surface area (Å²) in [7, 11) is 5.51. The second kappa shape index (κ2) is 5.28. The van der Waals surface area contributed by atoms with Crippen molar-refractivity contribution in [2.24, 2.45) is 0 Å². The van der Waals surface area contributed by atoms with Gasteiger partial charge >= 0.3 is 0 Å². The second-order valence-electron chi connectivity index (χ2n) is 4.87. The van der Waals surface area contributed by atoms with Gasteiger partial charge in [-0.3, -0.25) is 4.79 Å². The zero-order valence-corrected chi connectivity index (χ0v) is 13.4. The smallest absolute Gasteiger partial charge is 0.260 e. The van der Waals surface area contributed by atoms with Crippen LogP contribution in [0.15, 0.2) is 27.4 Å². The van der Waals surface area contributed by atoms with E-state index in [-0.39, 0.29) is 5.91 Å². The van der Waals surface area contributed by atoms with Crippen molar-refractivity contribution in [1.29, 1.82) is 0 Å². The molecule has 8 heteroatoms. The van der Waals surface area contributed by atoms with Crippen molar-refractivity contribution in [3.63, 3.8) is 0 Å². The average Bonchev–Trinajstić information content (AvgIpc) is 3.00. The van der Waals surface area contributed by atoms with Gasteiger partial charge in [0.15, 0.2) is 10.4 Å². The van der Waals surface area contributed by atoms with E-state index in [0.29, 0.717) is 5.56 Å². The number of nitrogens with zero attached hydrogens (tertiary/aromatic N) is 4. The molecule has 1 amide bonds. The maximum absolute atomic E-state index is 11.8. The van der Waals surface area contributed by atoms with Gasteiger partial charge in [0.25, 0.3) is 5.91 Å². The molecule has 0 spiro atoms. The summed E-state index contributed by atoms with van der Waals surface area (Å²) in [6.07, 6.45) is -1.05. The number of likely N-dealkylation sites (N-methyl/N-ethyl adjacent to an activating group) is 1. The van der Waals surface area contributed by atoms with Crippen LogP contribution in [0.5, 0.6) is 0 Å². The fourth-order valence-corrected chi connectivity index (χ4v) is 3.84. The monoisotopic (exact) mass is 322 g/mol. The standard InChI is InChI=1S/C13H14N4O2S2/c1-16(2)12-14-15-13(21-12)20-7-4-5-8-9(6-7)17(3)11(19)10(8)18/h4-6,10,18H,1-3H3. The molecule has 0 saturated carbocycles. The molecule has 2 aromatic rings. The van der Waals surface area contributed by atoms with Crippen LogP contribution in [-0.4, -0.2) is 42.4 Å². The van der Waals surface area contributed by atoms with Gasteiger partial charge in [0.1, 0.15) is 0 Å². The molecule has 0 fully saturated rings. The summed E-state index contributed by atoms with van der Waals surface area (Å²) in [5.74, 6) is -0.294. The summed E-state index contributed by atoms with van der Waals surface area (Å²) in [6.45, 7) is 0. The van der Waals surface area contributed by atoms with Gasteiger partial charge in [-0.1, -0.05) is 29.2 Å². The minimum absolute atomic E-state index is 0.294. The van der Waals surface area contributed by atoms with Crippen LogP contribution < -0.4 is 9.80 Å². The van der Waals surface area contributed by atoms with Crippen molar-refractivity contribution in [2.75, 3.05) is 30.9 Å². The molecule has 1 aromatic carbocycles. The Hall–Kier alpha value is -1.64. The Kier molecular flexibility index (Phi) is 3.60. The molecule has 1 atom stereocenters. The van der Waals surface area contributed by atoms with Crippen LogP contribution in [0.2, 0.25) is 0 Å². The van der Waals surface area contributed by atoms with Gasteiger partial charge in [0.05, 0.1) is 5.69 Å². The van der Waals surface area contributed by atoms with Gasteiger partial charge in [-0.2, -0.15) is 0 Å². The molecule has 1 aromatic heterocycles. The molecule has 0 saturated heterocycles. The maximum atomic E-state index is 11.8. The number of amides is 1. The molecule has 0 aliphatic carbocycles. The van der Waals surface area contributed by atoms with E-state index < -0.39 is 6.10 Å². The number of hydrogen-bond acceptors (Lipinski definition) is 7. The van der Waals surface area contributed by atoms with E-state index in [2.05, 4.69) is 10.2 Å². The van der Waals surface area contributed by atoms with Gasteiger partial charge in [-0.05, 0) is 12.1 Å². The van der Waals surface area contributed by atoms with Crippen molar-refractivity contribution in [2.45, 2.75) is 15.3 Å². The number of rotatable bonds is 3. The summed E-state index contributed by atoms with van der Waals surface area (Å²) in [4.78, 5) is 16.1. The molecule has 1 unspecified atom stereocenters. The average molecular weight is 322 g/mol. The molecular formula is C13H14N4O2S2. The fraction of sp³-hybridized carbons (Fsp3) is 0.308. The zero-order chi connectivity index (χ0) is 15.1. The van der Waals surface area contributed by atoms with Gasteiger partial charge in [0, 0.05) is 31.6 Å². The number of aromatic nitrogens is 2. The van der Waals surface area contributed by atoms with E-state index in [1.54, 1.807) is 13.1 Å². The topological polar surface area (TPSA) is 69.6 Å². The highest BCUT2D eigenvalue weighted by Crippen LogP contribution is 2.40. The molecule has 1 N–H and O–H groups in total. The number of carbonyl (C=O) groups excluding carboxylic acids is 1. The number of aliphatic hydroxyl groups excluding tert-OH is 1. The summed E-state index contributed by atoms with van der Waals surface area (Å²) in [5, 5.41) is 18.9. The zero-order valence-electron chi connectivity index (χ0n) is 11.8. The van der Waals surface area contributed by atoms with Crippen LogP contribution in [-0.2, 0) is 4.79 Å². The first-order chi connectivity index (χ1) is 9.97. The van der Waals surface area contributed by atoms with Gasteiger partial charge in [-0.25, -0.2) is 0 Å². The molecule has 21 heavy (non-hydrogen) atoms. The molecule has 3 rings (SSSR count). The van der Waals surface area contributed by atoms with Crippen LogP contribution in [0.25, 0.3) is 0 Å². The van der Waals surface area contributed by atoms with Crippen LogP contribution in [0.4, 0.5) is 10.8 Å². The lowest BCUT2D eigenvalue weighted by Gasteiger charge is -2.10. The SMILES string of the molecule is CN(C)c1nnc(Sc2ccc3c(c2)N(C)C(=O)C3O)s1. The highest BCUT2D eigenvalue weighted by atomic mass is 32.2. The lowest BCUT2D eigenvalue weighted by molar-refractivity contribution is -0.125. The highest BCUT2D eigenvalue weighted by Gasteiger charge is 2.33. The molecule has 0 bridgehead atoms. The quantitative estimate of drug-likeness (QED) is 0.929. The Morgan fingerprint density at radius 3 is 2.81 bits per heavy atom. The Balaban J connectivity index is 1.86. The van der Waals surface area contributed by atoms with E-state index in [0.717, 1.165) is 20.1 Å². The Morgan fingerprint density at radius 1 is 1.38 bits per heavy atom. The van der Waals surface area contributed by atoms with Crippen molar-refractivity contribution >= 4 is 39.8 Å². The molecule has 2 heterocycles. The fourth-order valence-electron chi connectivity index (χ4n) is 2.07. The predicted molar refractivity (Wildman–Crippen MR) is 83.2 cm³/mol. The van der Waals surface area contributed by atoms with Gasteiger partial charge in [-0.15, -0.1) is 10.2 Å². The van der Waals surface area contributed by atoms with Crippen LogP contribution >= 0.6 is 23.1 Å². The minimum atomic E-state index is -1.05. The van der Waals surface area contributed by atoms with E-state index in [9.17, 15) is 9.90 Å². The largest absolute Gasteiger partial charge is 0.378 e. The Bertz CT molecular complexity index is 701.